The molecule has 0 saturated heterocycles. The number of nitrogens with zero attached hydrogens (tertiary/aromatic N) is 6. The lowest BCUT2D eigenvalue weighted by molar-refractivity contribution is 0.0773. The summed E-state index contributed by atoms with van der Waals surface area (Å²) in [6.07, 6.45) is 2.13. The molecular formula is C23H24N6O. The normalized spacial score (nSPS) is 13.7. The Morgan fingerprint density at radius 3 is 2.57 bits per heavy atom. The van der Waals surface area contributed by atoms with E-state index in [1.165, 1.54) is 5.56 Å². The minimum absolute atomic E-state index is 0.123. The number of para-hydroxylation sites is 2. The first-order valence-electron chi connectivity index (χ1n) is 10.2. The fourth-order valence-corrected chi connectivity index (χ4v) is 3.84. The van der Waals surface area contributed by atoms with Gasteiger partial charge in [-0.1, -0.05) is 35.0 Å². The summed E-state index contributed by atoms with van der Waals surface area (Å²) in [5.74, 6) is 1.05. The third-order valence-electron chi connectivity index (χ3n) is 5.76. The van der Waals surface area contributed by atoms with Crippen LogP contribution in [0, 0.1) is 6.92 Å². The first-order chi connectivity index (χ1) is 14.5. The highest BCUT2D eigenvalue weighted by atomic mass is 16.2. The molecule has 5 rings (SSSR count). The Bertz CT molecular complexity index is 1230. The van der Waals surface area contributed by atoms with Crippen molar-refractivity contribution in [2.24, 2.45) is 7.05 Å². The quantitative estimate of drug-likeness (QED) is 0.513. The summed E-state index contributed by atoms with van der Waals surface area (Å²) in [5.41, 5.74) is 5.47. The third kappa shape index (κ3) is 3.16. The topological polar surface area (TPSA) is 68.8 Å². The van der Waals surface area contributed by atoms with Gasteiger partial charge in [0, 0.05) is 20.0 Å². The molecule has 0 aliphatic heterocycles. The van der Waals surface area contributed by atoms with Gasteiger partial charge in [-0.15, -0.1) is 5.10 Å². The van der Waals surface area contributed by atoms with E-state index in [9.17, 15) is 4.79 Å². The number of benzene rings is 2. The summed E-state index contributed by atoms with van der Waals surface area (Å²) < 4.78 is 3.86. The van der Waals surface area contributed by atoms with Crippen molar-refractivity contribution >= 4 is 16.9 Å². The van der Waals surface area contributed by atoms with Crippen molar-refractivity contribution in [3.8, 4) is 5.69 Å². The second-order valence-corrected chi connectivity index (χ2v) is 8.08. The van der Waals surface area contributed by atoms with Gasteiger partial charge in [0.2, 0.25) is 0 Å². The molecular weight excluding hydrogens is 376 g/mol. The molecule has 1 fully saturated rings. The van der Waals surface area contributed by atoms with Crippen molar-refractivity contribution in [2.45, 2.75) is 32.2 Å². The number of imidazole rings is 1. The highest BCUT2D eigenvalue weighted by Gasteiger charge is 2.35. The Labute approximate surface area is 174 Å². The van der Waals surface area contributed by atoms with Crippen LogP contribution in [0.1, 0.15) is 46.3 Å². The fraction of sp³-hybridized carbons (Fsp3) is 0.304. The molecule has 0 radical (unpaired) electrons. The number of fused-ring (bicyclic) bond motifs is 1. The Morgan fingerprint density at radius 1 is 1.13 bits per heavy atom. The summed E-state index contributed by atoms with van der Waals surface area (Å²) in [6, 6.07) is 16.1. The predicted molar refractivity (Wildman–Crippen MR) is 115 cm³/mol. The standard InChI is InChI=1S/C23H24N6O/c1-15-8-12-17(13-9-15)29-22(16-10-11-16)21(25-26-29)23(30)27(2)14-20-24-18-6-4-5-7-19(18)28(20)3/h4-9,12-13,16H,10-11,14H2,1-3H3. The van der Waals surface area contributed by atoms with Crippen LogP contribution in [0.25, 0.3) is 16.7 Å². The van der Waals surface area contributed by atoms with Gasteiger partial charge in [-0.2, -0.15) is 0 Å². The van der Waals surface area contributed by atoms with E-state index in [1.54, 1.807) is 11.9 Å². The van der Waals surface area contributed by atoms with E-state index in [0.29, 0.717) is 18.2 Å². The van der Waals surface area contributed by atoms with Crippen LogP contribution in [0.4, 0.5) is 0 Å². The molecule has 7 heteroatoms. The van der Waals surface area contributed by atoms with Crippen LogP contribution in [-0.2, 0) is 13.6 Å². The maximum absolute atomic E-state index is 13.3. The second-order valence-electron chi connectivity index (χ2n) is 8.08. The van der Waals surface area contributed by atoms with Gasteiger partial charge in [0.1, 0.15) is 5.82 Å². The summed E-state index contributed by atoms with van der Waals surface area (Å²) in [5, 5.41) is 8.64. The van der Waals surface area contributed by atoms with Gasteiger partial charge in [0.15, 0.2) is 5.69 Å². The Hall–Kier alpha value is -3.48. The van der Waals surface area contributed by atoms with Gasteiger partial charge in [-0.25, -0.2) is 9.67 Å². The number of hydrogen-bond acceptors (Lipinski definition) is 4. The minimum Gasteiger partial charge on any atom is -0.333 e. The Balaban J connectivity index is 1.45. The molecule has 1 amide bonds. The van der Waals surface area contributed by atoms with Crippen molar-refractivity contribution in [2.75, 3.05) is 7.05 Å². The van der Waals surface area contributed by atoms with Crippen LogP contribution in [0.15, 0.2) is 48.5 Å². The number of carbonyl (C=O) groups is 1. The molecule has 152 valence electrons. The smallest absolute Gasteiger partial charge is 0.276 e. The molecule has 2 aromatic heterocycles. The maximum Gasteiger partial charge on any atom is 0.276 e. The van der Waals surface area contributed by atoms with E-state index in [4.69, 9.17) is 0 Å². The largest absolute Gasteiger partial charge is 0.333 e. The molecule has 7 nitrogen and oxygen atoms in total. The molecule has 0 spiro atoms. The molecule has 0 unspecified atom stereocenters. The number of amides is 1. The summed E-state index contributed by atoms with van der Waals surface area (Å²) in [4.78, 5) is 19.7. The van der Waals surface area contributed by atoms with E-state index in [-0.39, 0.29) is 5.91 Å². The van der Waals surface area contributed by atoms with Crippen LogP contribution < -0.4 is 0 Å². The van der Waals surface area contributed by atoms with Crippen molar-refractivity contribution < 1.29 is 4.79 Å². The molecule has 2 heterocycles. The zero-order chi connectivity index (χ0) is 20.8. The van der Waals surface area contributed by atoms with Crippen molar-refractivity contribution in [3.05, 3.63) is 71.3 Å². The summed E-state index contributed by atoms with van der Waals surface area (Å²) in [7, 11) is 3.77. The molecule has 30 heavy (non-hydrogen) atoms. The molecule has 0 bridgehead atoms. The van der Waals surface area contributed by atoms with E-state index in [2.05, 4.69) is 22.2 Å². The lowest BCUT2D eigenvalue weighted by atomic mass is 10.2. The van der Waals surface area contributed by atoms with Crippen molar-refractivity contribution in [1.29, 1.82) is 0 Å². The third-order valence-corrected chi connectivity index (χ3v) is 5.76. The maximum atomic E-state index is 13.3. The molecule has 1 aliphatic carbocycles. The fourth-order valence-electron chi connectivity index (χ4n) is 3.84. The number of aromatic nitrogens is 5. The summed E-state index contributed by atoms with van der Waals surface area (Å²) >= 11 is 0. The SMILES string of the molecule is Cc1ccc(-n2nnc(C(=O)N(C)Cc3nc4ccccc4n3C)c2C2CC2)cc1. The van der Waals surface area contributed by atoms with Gasteiger partial charge >= 0.3 is 0 Å². The van der Waals surface area contributed by atoms with Gasteiger partial charge in [0.25, 0.3) is 5.91 Å². The van der Waals surface area contributed by atoms with E-state index < -0.39 is 0 Å². The van der Waals surface area contributed by atoms with Crippen molar-refractivity contribution in [1.82, 2.24) is 29.4 Å². The van der Waals surface area contributed by atoms with E-state index in [1.807, 2.05) is 64.8 Å². The Morgan fingerprint density at radius 2 is 1.87 bits per heavy atom. The average molecular weight is 400 g/mol. The van der Waals surface area contributed by atoms with Crippen LogP contribution in [0.5, 0.6) is 0 Å². The zero-order valence-electron chi connectivity index (χ0n) is 17.4. The van der Waals surface area contributed by atoms with Crippen LogP contribution in [0.3, 0.4) is 0 Å². The molecule has 1 aliphatic rings. The van der Waals surface area contributed by atoms with Crippen LogP contribution in [0.2, 0.25) is 0 Å². The van der Waals surface area contributed by atoms with Crippen molar-refractivity contribution in [3.63, 3.8) is 0 Å². The average Bonchev–Trinajstić information content (AvgIpc) is 3.42. The van der Waals surface area contributed by atoms with Gasteiger partial charge < -0.3 is 9.47 Å². The molecule has 2 aromatic carbocycles. The van der Waals surface area contributed by atoms with Gasteiger partial charge in [0.05, 0.1) is 29.0 Å². The molecule has 4 aromatic rings. The number of hydrogen-bond donors (Lipinski definition) is 0. The first-order valence-corrected chi connectivity index (χ1v) is 10.2. The van der Waals surface area contributed by atoms with E-state index in [0.717, 1.165) is 41.1 Å². The molecule has 0 atom stereocenters. The number of rotatable bonds is 5. The second kappa shape index (κ2) is 7.09. The first kappa shape index (κ1) is 18.5. The monoisotopic (exact) mass is 400 g/mol. The number of carbonyl (C=O) groups excluding carboxylic acids is 1. The lowest BCUT2D eigenvalue weighted by Gasteiger charge is -2.16. The highest BCUT2D eigenvalue weighted by molar-refractivity contribution is 5.93. The number of aryl methyl sites for hydroxylation is 2. The van der Waals surface area contributed by atoms with Crippen LogP contribution in [-0.4, -0.2) is 42.4 Å². The molecule has 1 saturated carbocycles. The summed E-state index contributed by atoms with van der Waals surface area (Å²) in [6.45, 7) is 2.46. The van der Waals surface area contributed by atoms with E-state index >= 15 is 0 Å². The molecule has 0 N–H and O–H groups in total. The Kier molecular flexibility index (Phi) is 4.38. The minimum atomic E-state index is -0.123. The zero-order valence-corrected chi connectivity index (χ0v) is 17.4. The predicted octanol–water partition coefficient (Wildman–Crippen LogP) is 3.61. The van der Waals surface area contributed by atoms with Crippen LogP contribution >= 0.6 is 0 Å². The van der Waals surface area contributed by atoms with Gasteiger partial charge in [-0.05, 0) is 44.0 Å². The highest BCUT2D eigenvalue weighted by Crippen LogP contribution is 2.42. The lowest BCUT2D eigenvalue weighted by Crippen LogP contribution is -2.28. The van der Waals surface area contributed by atoms with Gasteiger partial charge in [-0.3, -0.25) is 4.79 Å².